The topological polar surface area (TPSA) is 16.4 Å². The number of nitrogens with zero attached hydrogens (tertiary/aromatic N) is 1. The standard InChI is InChI=1S/C58H39NO/c1-3-14-42(15-4-1)53-22-9-11-24-55(53)59(50-35-30-41(31-36-50)46-32-37-52-47(38-46)27-26-43-16-7-8-21-51(43)52)49-33-28-40(29-34-49)45-19-13-20-48(39-45)58-57(44-17-5-2-6-18-44)54-23-10-12-25-56(54)60-58/h1-39H. The van der Waals surface area contributed by atoms with Gasteiger partial charge in [-0.15, -0.1) is 0 Å². The maximum Gasteiger partial charge on any atom is 0.143 e. The van der Waals surface area contributed by atoms with Crippen LogP contribution in [0.4, 0.5) is 17.1 Å². The Labute approximate surface area is 349 Å². The fourth-order valence-corrected chi connectivity index (χ4v) is 8.74. The minimum atomic E-state index is 0.880. The van der Waals surface area contributed by atoms with E-state index in [1.165, 1.54) is 43.8 Å². The first-order chi connectivity index (χ1) is 29.7. The number of fused-ring (bicyclic) bond motifs is 4. The SMILES string of the molecule is c1ccc(-c2ccccc2N(c2ccc(-c3cccc(-c4oc5ccccc5c4-c4ccccc4)c3)cc2)c2ccc(-c3ccc4c(ccc5ccccc54)c3)cc2)cc1. The molecule has 0 aliphatic carbocycles. The molecule has 11 rings (SSSR count). The summed E-state index contributed by atoms with van der Waals surface area (Å²) in [5, 5.41) is 6.18. The molecule has 0 fully saturated rings. The third-order valence-electron chi connectivity index (χ3n) is 11.7. The van der Waals surface area contributed by atoms with Crippen molar-refractivity contribution in [2.75, 3.05) is 4.90 Å². The minimum absolute atomic E-state index is 0.880. The van der Waals surface area contributed by atoms with Crippen molar-refractivity contribution in [1.29, 1.82) is 0 Å². The average molecular weight is 766 g/mol. The van der Waals surface area contributed by atoms with Crippen molar-refractivity contribution in [3.8, 4) is 55.8 Å². The van der Waals surface area contributed by atoms with Gasteiger partial charge in [-0.25, -0.2) is 0 Å². The van der Waals surface area contributed by atoms with Gasteiger partial charge in [-0.05, 0) is 103 Å². The molecule has 0 bridgehead atoms. The Hall–Kier alpha value is -7.94. The highest BCUT2D eigenvalue weighted by atomic mass is 16.3. The zero-order valence-corrected chi connectivity index (χ0v) is 32.9. The molecule has 0 saturated carbocycles. The predicted octanol–water partition coefficient (Wildman–Crippen LogP) is 16.5. The van der Waals surface area contributed by atoms with Crippen molar-refractivity contribution in [3.05, 3.63) is 237 Å². The third-order valence-corrected chi connectivity index (χ3v) is 11.7. The van der Waals surface area contributed by atoms with Gasteiger partial charge in [0, 0.05) is 33.5 Å². The van der Waals surface area contributed by atoms with Crippen LogP contribution in [0, 0.1) is 0 Å². The molecule has 0 amide bonds. The van der Waals surface area contributed by atoms with Crippen LogP contribution in [0.15, 0.2) is 241 Å². The van der Waals surface area contributed by atoms with E-state index < -0.39 is 0 Å². The van der Waals surface area contributed by atoms with Crippen LogP contribution in [0.1, 0.15) is 0 Å². The van der Waals surface area contributed by atoms with Crippen LogP contribution >= 0.6 is 0 Å². The summed E-state index contributed by atoms with van der Waals surface area (Å²) in [6.45, 7) is 0. The van der Waals surface area contributed by atoms with Crippen molar-refractivity contribution in [2.24, 2.45) is 0 Å². The molecule has 11 aromatic rings. The summed E-state index contributed by atoms with van der Waals surface area (Å²) in [5.41, 5.74) is 14.4. The molecule has 0 unspecified atom stereocenters. The minimum Gasteiger partial charge on any atom is -0.455 e. The van der Waals surface area contributed by atoms with Gasteiger partial charge in [0.2, 0.25) is 0 Å². The Balaban J connectivity index is 0.975. The number of benzene rings is 10. The van der Waals surface area contributed by atoms with Crippen molar-refractivity contribution < 1.29 is 4.42 Å². The van der Waals surface area contributed by atoms with Gasteiger partial charge in [0.15, 0.2) is 0 Å². The Bertz CT molecular complexity index is 3290. The molecule has 1 heterocycles. The van der Waals surface area contributed by atoms with Crippen LogP contribution in [-0.4, -0.2) is 0 Å². The number of anilines is 3. The molecule has 282 valence electrons. The largest absolute Gasteiger partial charge is 0.455 e. The molecule has 10 aromatic carbocycles. The van der Waals surface area contributed by atoms with Crippen LogP contribution in [0.5, 0.6) is 0 Å². The lowest BCUT2D eigenvalue weighted by Crippen LogP contribution is -2.11. The van der Waals surface area contributed by atoms with Crippen LogP contribution in [0.25, 0.3) is 88.3 Å². The Morgan fingerprint density at radius 3 is 1.58 bits per heavy atom. The van der Waals surface area contributed by atoms with Crippen molar-refractivity contribution in [2.45, 2.75) is 0 Å². The first kappa shape index (κ1) is 35.2. The monoisotopic (exact) mass is 765 g/mol. The molecule has 0 saturated heterocycles. The number of furan rings is 1. The van der Waals surface area contributed by atoms with E-state index in [1.54, 1.807) is 0 Å². The highest BCUT2D eigenvalue weighted by molar-refractivity contribution is 6.08. The lowest BCUT2D eigenvalue weighted by atomic mass is 9.96. The van der Waals surface area contributed by atoms with Crippen LogP contribution in [0.2, 0.25) is 0 Å². The van der Waals surface area contributed by atoms with Gasteiger partial charge >= 0.3 is 0 Å². The summed E-state index contributed by atoms with van der Waals surface area (Å²) in [7, 11) is 0. The summed E-state index contributed by atoms with van der Waals surface area (Å²) in [6.07, 6.45) is 0. The summed E-state index contributed by atoms with van der Waals surface area (Å²) < 4.78 is 6.59. The van der Waals surface area contributed by atoms with Crippen LogP contribution in [-0.2, 0) is 0 Å². The van der Waals surface area contributed by atoms with Crippen LogP contribution in [0.3, 0.4) is 0 Å². The molecule has 2 nitrogen and oxygen atoms in total. The summed E-state index contributed by atoms with van der Waals surface area (Å²) in [5.74, 6) is 0.880. The van der Waals surface area contributed by atoms with Crippen molar-refractivity contribution in [1.82, 2.24) is 0 Å². The zero-order valence-electron chi connectivity index (χ0n) is 32.9. The van der Waals surface area contributed by atoms with Gasteiger partial charge in [0.05, 0.1) is 5.69 Å². The normalized spacial score (nSPS) is 11.3. The molecule has 0 spiro atoms. The maximum atomic E-state index is 6.59. The van der Waals surface area contributed by atoms with E-state index in [2.05, 4.69) is 229 Å². The van der Waals surface area contributed by atoms with E-state index in [0.717, 1.165) is 61.6 Å². The number of rotatable bonds is 8. The molecular weight excluding hydrogens is 727 g/mol. The molecular formula is C58H39NO. The first-order valence-electron chi connectivity index (χ1n) is 20.5. The van der Waals surface area contributed by atoms with E-state index >= 15 is 0 Å². The van der Waals surface area contributed by atoms with Crippen molar-refractivity contribution in [3.63, 3.8) is 0 Å². The fourth-order valence-electron chi connectivity index (χ4n) is 8.74. The van der Waals surface area contributed by atoms with E-state index in [4.69, 9.17) is 4.42 Å². The van der Waals surface area contributed by atoms with Gasteiger partial charge in [-0.2, -0.15) is 0 Å². The Morgan fingerprint density at radius 2 is 0.833 bits per heavy atom. The van der Waals surface area contributed by atoms with Gasteiger partial charge in [0.25, 0.3) is 0 Å². The predicted molar refractivity (Wildman–Crippen MR) is 253 cm³/mol. The Morgan fingerprint density at radius 1 is 0.300 bits per heavy atom. The zero-order chi connectivity index (χ0) is 39.8. The molecule has 0 radical (unpaired) electrons. The summed E-state index contributed by atoms with van der Waals surface area (Å²) in [4.78, 5) is 2.37. The van der Waals surface area contributed by atoms with Crippen LogP contribution < -0.4 is 4.90 Å². The number of hydrogen-bond donors (Lipinski definition) is 0. The van der Waals surface area contributed by atoms with E-state index in [9.17, 15) is 0 Å². The second-order valence-corrected chi connectivity index (χ2v) is 15.3. The second kappa shape index (κ2) is 15.1. The lowest BCUT2D eigenvalue weighted by Gasteiger charge is -2.28. The second-order valence-electron chi connectivity index (χ2n) is 15.3. The molecule has 0 aliphatic rings. The Kier molecular flexibility index (Phi) is 8.87. The molecule has 60 heavy (non-hydrogen) atoms. The van der Waals surface area contributed by atoms with Crippen molar-refractivity contribution >= 4 is 49.6 Å². The molecule has 2 heteroatoms. The smallest absolute Gasteiger partial charge is 0.143 e. The number of hydrogen-bond acceptors (Lipinski definition) is 2. The van der Waals surface area contributed by atoms with E-state index in [0.29, 0.717) is 0 Å². The quantitative estimate of drug-likeness (QED) is 0.143. The number of para-hydroxylation sites is 2. The van der Waals surface area contributed by atoms with Gasteiger partial charge in [0.1, 0.15) is 11.3 Å². The molecule has 0 N–H and O–H groups in total. The third kappa shape index (κ3) is 6.41. The van der Waals surface area contributed by atoms with E-state index in [-0.39, 0.29) is 0 Å². The lowest BCUT2D eigenvalue weighted by molar-refractivity contribution is 0.632. The maximum absolute atomic E-state index is 6.59. The van der Waals surface area contributed by atoms with Gasteiger partial charge in [-0.3, -0.25) is 0 Å². The van der Waals surface area contributed by atoms with Gasteiger partial charge in [-0.1, -0.05) is 188 Å². The molecule has 1 aromatic heterocycles. The molecule has 0 aliphatic heterocycles. The highest BCUT2D eigenvalue weighted by Gasteiger charge is 2.20. The average Bonchev–Trinajstić information content (AvgIpc) is 3.73. The van der Waals surface area contributed by atoms with E-state index in [1.807, 2.05) is 12.1 Å². The summed E-state index contributed by atoms with van der Waals surface area (Å²) in [6, 6.07) is 84.7. The molecule has 0 atom stereocenters. The fraction of sp³-hybridized carbons (Fsp3) is 0. The highest BCUT2D eigenvalue weighted by Crippen LogP contribution is 2.44. The summed E-state index contributed by atoms with van der Waals surface area (Å²) >= 11 is 0. The first-order valence-corrected chi connectivity index (χ1v) is 20.5. The van der Waals surface area contributed by atoms with Gasteiger partial charge < -0.3 is 9.32 Å².